The fourth-order valence-electron chi connectivity index (χ4n) is 2.75. The second-order valence-corrected chi connectivity index (χ2v) is 9.10. The minimum atomic E-state index is -4.18. The molecule has 0 saturated carbocycles. The van der Waals surface area contributed by atoms with Crippen LogP contribution in [0.25, 0.3) is 0 Å². The first-order valence-corrected chi connectivity index (χ1v) is 11.0. The number of carboxylic acids is 1. The third kappa shape index (κ3) is 5.35. The SMILES string of the molecule is Cc1cc(Cl)ccc1NC(=O)c1cc(Cl)ccc1NS(=O)(=O)c1cccc(C(=O)O)c1. The Balaban J connectivity index is 1.95. The number of hydrogen-bond donors (Lipinski definition) is 3. The second kappa shape index (κ2) is 8.97. The first-order chi connectivity index (χ1) is 14.6. The summed E-state index contributed by atoms with van der Waals surface area (Å²) in [6.07, 6.45) is 0. The Kier molecular flexibility index (Phi) is 6.54. The number of carbonyl (C=O) groups is 2. The number of hydrogen-bond acceptors (Lipinski definition) is 4. The van der Waals surface area contributed by atoms with E-state index in [9.17, 15) is 18.0 Å². The zero-order valence-corrected chi connectivity index (χ0v) is 18.3. The molecular formula is C21H16Cl2N2O5S. The molecule has 0 spiro atoms. The average Bonchev–Trinajstić information content (AvgIpc) is 2.71. The van der Waals surface area contributed by atoms with Gasteiger partial charge >= 0.3 is 5.97 Å². The zero-order valence-electron chi connectivity index (χ0n) is 16.0. The normalized spacial score (nSPS) is 11.1. The number of rotatable bonds is 6. The van der Waals surface area contributed by atoms with Crippen molar-refractivity contribution in [3.05, 3.63) is 87.4 Å². The van der Waals surface area contributed by atoms with E-state index in [1.165, 1.54) is 36.4 Å². The van der Waals surface area contributed by atoms with Crippen molar-refractivity contribution in [2.45, 2.75) is 11.8 Å². The summed E-state index contributed by atoms with van der Waals surface area (Å²) in [7, 11) is -4.18. The highest BCUT2D eigenvalue weighted by molar-refractivity contribution is 7.92. The molecule has 3 rings (SSSR count). The summed E-state index contributed by atoms with van der Waals surface area (Å²) >= 11 is 12.0. The lowest BCUT2D eigenvalue weighted by Crippen LogP contribution is -2.19. The predicted octanol–water partition coefficient (Wildman–Crippen LogP) is 5.05. The van der Waals surface area contributed by atoms with Gasteiger partial charge in [0.25, 0.3) is 15.9 Å². The quantitative estimate of drug-likeness (QED) is 0.458. The molecule has 1 amide bonds. The van der Waals surface area contributed by atoms with E-state index < -0.39 is 21.9 Å². The van der Waals surface area contributed by atoms with E-state index in [0.717, 1.165) is 11.6 Å². The largest absolute Gasteiger partial charge is 0.478 e. The van der Waals surface area contributed by atoms with Crippen LogP contribution < -0.4 is 10.0 Å². The van der Waals surface area contributed by atoms with Crippen LogP contribution in [0.2, 0.25) is 10.0 Å². The molecule has 0 bridgehead atoms. The number of sulfonamides is 1. The molecular weight excluding hydrogens is 463 g/mol. The highest BCUT2D eigenvalue weighted by Crippen LogP contribution is 2.26. The first-order valence-electron chi connectivity index (χ1n) is 8.80. The summed E-state index contributed by atoms with van der Waals surface area (Å²) in [5.74, 6) is -1.85. The third-order valence-corrected chi connectivity index (χ3v) is 6.13. The fraction of sp³-hybridized carbons (Fsp3) is 0.0476. The summed E-state index contributed by atoms with van der Waals surface area (Å²) in [4.78, 5) is 23.8. The maximum absolute atomic E-state index is 12.9. The predicted molar refractivity (Wildman–Crippen MR) is 120 cm³/mol. The topological polar surface area (TPSA) is 113 Å². The minimum Gasteiger partial charge on any atom is -0.478 e. The van der Waals surface area contributed by atoms with Gasteiger partial charge in [-0.25, -0.2) is 13.2 Å². The average molecular weight is 479 g/mol. The number of halogens is 2. The monoisotopic (exact) mass is 478 g/mol. The van der Waals surface area contributed by atoms with Crippen LogP contribution in [0.3, 0.4) is 0 Å². The van der Waals surface area contributed by atoms with Crippen molar-refractivity contribution >= 4 is 56.5 Å². The summed E-state index contributed by atoms with van der Waals surface area (Å²) in [5.41, 5.74) is 0.997. The van der Waals surface area contributed by atoms with Gasteiger partial charge in [-0.05, 0) is 67.1 Å². The van der Waals surface area contributed by atoms with Gasteiger partial charge in [0.1, 0.15) is 0 Å². The van der Waals surface area contributed by atoms with Crippen LogP contribution in [0.1, 0.15) is 26.3 Å². The molecule has 3 aromatic rings. The van der Waals surface area contributed by atoms with Gasteiger partial charge in [-0.15, -0.1) is 0 Å². The maximum atomic E-state index is 12.9. The van der Waals surface area contributed by atoms with E-state index >= 15 is 0 Å². The number of aromatic carboxylic acids is 1. The molecule has 0 aliphatic heterocycles. The van der Waals surface area contributed by atoms with Crippen molar-refractivity contribution in [1.29, 1.82) is 0 Å². The van der Waals surface area contributed by atoms with E-state index in [1.54, 1.807) is 25.1 Å². The Morgan fingerprint density at radius 2 is 1.55 bits per heavy atom. The zero-order chi connectivity index (χ0) is 22.8. The molecule has 0 unspecified atom stereocenters. The first kappa shape index (κ1) is 22.6. The van der Waals surface area contributed by atoms with Crippen molar-refractivity contribution in [3.8, 4) is 0 Å². The molecule has 3 N–H and O–H groups in total. The smallest absolute Gasteiger partial charge is 0.335 e. The van der Waals surface area contributed by atoms with E-state index in [4.69, 9.17) is 28.3 Å². The molecule has 0 aliphatic carbocycles. The van der Waals surface area contributed by atoms with E-state index in [1.807, 2.05) is 0 Å². The standard InChI is InChI=1S/C21H16Cl2N2O5S/c1-12-9-14(22)5-7-18(12)24-20(26)17-11-15(23)6-8-19(17)25-31(29,30)16-4-2-3-13(10-16)21(27)28/h2-11,25H,1H3,(H,24,26)(H,27,28). The van der Waals surface area contributed by atoms with Crippen LogP contribution in [0.15, 0.2) is 65.6 Å². The molecule has 0 aliphatic rings. The van der Waals surface area contributed by atoms with E-state index in [0.29, 0.717) is 10.7 Å². The van der Waals surface area contributed by atoms with Crippen molar-refractivity contribution in [2.24, 2.45) is 0 Å². The Labute approximate surface area is 188 Å². The molecule has 3 aromatic carbocycles. The molecule has 0 radical (unpaired) electrons. The molecule has 10 heteroatoms. The number of carboxylic acid groups (broad SMARTS) is 1. The van der Waals surface area contributed by atoms with Crippen LogP contribution in [0.5, 0.6) is 0 Å². The third-order valence-electron chi connectivity index (χ3n) is 4.30. The summed E-state index contributed by atoms with van der Waals surface area (Å²) in [6.45, 7) is 1.76. The summed E-state index contributed by atoms with van der Waals surface area (Å²) < 4.78 is 27.9. The molecule has 7 nitrogen and oxygen atoms in total. The number of benzene rings is 3. The van der Waals surface area contributed by atoms with Crippen LogP contribution >= 0.6 is 23.2 Å². The maximum Gasteiger partial charge on any atom is 0.335 e. The van der Waals surface area contributed by atoms with Crippen molar-refractivity contribution in [2.75, 3.05) is 10.0 Å². The molecule has 31 heavy (non-hydrogen) atoms. The Hall–Kier alpha value is -3.07. The fourth-order valence-corrected chi connectivity index (χ4v) is 4.27. The van der Waals surface area contributed by atoms with Gasteiger partial charge in [-0.1, -0.05) is 29.3 Å². The summed E-state index contributed by atoms with van der Waals surface area (Å²) in [5, 5.41) is 12.5. The van der Waals surface area contributed by atoms with Crippen molar-refractivity contribution in [3.63, 3.8) is 0 Å². The van der Waals surface area contributed by atoms with Gasteiger partial charge in [0, 0.05) is 15.7 Å². The van der Waals surface area contributed by atoms with Gasteiger partial charge < -0.3 is 10.4 Å². The van der Waals surface area contributed by atoms with Gasteiger partial charge in [0.15, 0.2) is 0 Å². The number of anilines is 2. The lowest BCUT2D eigenvalue weighted by atomic mass is 10.1. The minimum absolute atomic E-state index is 0.0141. The number of carbonyl (C=O) groups excluding carboxylic acids is 1. The van der Waals surface area contributed by atoms with Gasteiger partial charge in [0.2, 0.25) is 0 Å². The molecule has 160 valence electrons. The molecule has 0 heterocycles. The lowest BCUT2D eigenvalue weighted by Gasteiger charge is -2.14. The van der Waals surface area contributed by atoms with Crippen molar-refractivity contribution < 1.29 is 23.1 Å². The Bertz CT molecular complexity index is 1290. The highest BCUT2D eigenvalue weighted by Gasteiger charge is 2.21. The Morgan fingerprint density at radius 1 is 0.903 bits per heavy atom. The van der Waals surface area contributed by atoms with Gasteiger partial charge in [-0.2, -0.15) is 0 Å². The van der Waals surface area contributed by atoms with Gasteiger partial charge in [0.05, 0.1) is 21.7 Å². The van der Waals surface area contributed by atoms with Crippen molar-refractivity contribution in [1.82, 2.24) is 0 Å². The number of nitrogens with one attached hydrogen (secondary N) is 2. The number of aryl methyl sites for hydroxylation is 1. The van der Waals surface area contributed by atoms with Crippen LogP contribution in [-0.4, -0.2) is 25.4 Å². The second-order valence-electron chi connectivity index (χ2n) is 6.54. The number of amides is 1. The molecule has 0 aromatic heterocycles. The Morgan fingerprint density at radius 3 is 2.19 bits per heavy atom. The van der Waals surface area contributed by atoms with Crippen LogP contribution in [0.4, 0.5) is 11.4 Å². The van der Waals surface area contributed by atoms with Crippen LogP contribution in [-0.2, 0) is 10.0 Å². The molecule has 0 atom stereocenters. The lowest BCUT2D eigenvalue weighted by molar-refractivity contribution is 0.0696. The molecule has 0 fully saturated rings. The molecule has 0 saturated heterocycles. The summed E-state index contributed by atoms with van der Waals surface area (Å²) in [6, 6.07) is 13.9. The van der Waals surface area contributed by atoms with Gasteiger partial charge in [-0.3, -0.25) is 9.52 Å². The van der Waals surface area contributed by atoms with E-state index in [-0.39, 0.29) is 26.7 Å². The van der Waals surface area contributed by atoms with Crippen LogP contribution in [0, 0.1) is 6.92 Å². The highest BCUT2D eigenvalue weighted by atomic mass is 35.5. The van der Waals surface area contributed by atoms with E-state index in [2.05, 4.69) is 10.0 Å².